The number of benzene rings is 1. The molecular formula is C17H24N2OS. The number of nitrogens with one attached hydrogen (secondary N) is 1. The Balaban J connectivity index is 1.87. The number of nitrogens with zero attached hydrogens (tertiary/aromatic N) is 1. The molecule has 1 heterocycles. The zero-order chi connectivity index (χ0) is 14.8. The van der Waals surface area contributed by atoms with Gasteiger partial charge in [0.25, 0.3) is 0 Å². The third-order valence-corrected chi connectivity index (χ3v) is 5.10. The van der Waals surface area contributed by atoms with Crippen LogP contribution in [0, 0.1) is 10.7 Å². The van der Waals surface area contributed by atoms with Gasteiger partial charge in [-0.3, -0.25) is 0 Å². The lowest BCUT2D eigenvalue weighted by atomic mass is 9.83. The Bertz CT molecular complexity index is 665. The van der Waals surface area contributed by atoms with Crippen molar-refractivity contribution in [2.75, 3.05) is 7.11 Å². The van der Waals surface area contributed by atoms with E-state index in [9.17, 15) is 0 Å². The molecule has 0 radical (unpaired) electrons. The Morgan fingerprint density at radius 1 is 1.29 bits per heavy atom. The van der Waals surface area contributed by atoms with E-state index in [0.29, 0.717) is 6.04 Å². The number of methoxy groups -OCH3 is 1. The zero-order valence-corrected chi connectivity index (χ0v) is 13.7. The quantitative estimate of drug-likeness (QED) is 0.783. The zero-order valence-electron chi connectivity index (χ0n) is 12.9. The standard InChI is InChI=1S/C17H24N2OS/c1-3-4-12-5-7-13(8-6-12)19-16-10-9-14(20-2)11-15(16)18-17(19)21/h9-13H,3-8H2,1-2H3,(H,18,21). The summed E-state index contributed by atoms with van der Waals surface area (Å²) < 4.78 is 8.46. The summed E-state index contributed by atoms with van der Waals surface area (Å²) in [6, 6.07) is 6.72. The first-order valence-corrected chi connectivity index (χ1v) is 8.42. The highest BCUT2D eigenvalue weighted by atomic mass is 32.1. The number of aromatic amines is 1. The van der Waals surface area contributed by atoms with E-state index in [0.717, 1.165) is 22.0 Å². The molecule has 1 saturated carbocycles. The summed E-state index contributed by atoms with van der Waals surface area (Å²) in [5.41, 5.74) is 2.29. The minimum Gasteiger partial charge on any atom is -0.497 e. The Morgan fingerprint density at radius 2 is 2.05 bits per heavy atom. The van der Waals surface area contributed by atoms with E-state index >= 15 is 0 Å². The normalized spacial score (nSPS) is 22.6. The molecule has 1 aliphatic rings. The largest absolute Gasteiger partial charge is 0.497 e. The second kappa shape index (κ2) is 6.22. The predicted octanol–water partition coefficient (Wildman–Crippen LogP) is 5.24. The first-order chi connectivity index (χ1) is 10.2. The monoisotopic (exact) mass is 304 g/mol. The molecule has 1 fully saturated rings. The van der Waals surface area contributed by atoms with Crippen molar-refractivity contribution in [2.45, 2.75) is 51.5 Å². The lowest BCUT2D eigenvalue weighted by Gasteiger charge is -2.29. The summed E-state index contributed by atoms with van der Waals surface area (Å²) in [5.74, 6) is 1.79. The Labute approximate surface area is 131 Å². The fraction of sp³-hybridized carbons (Fsp3) is 0.588. The summed E-state index contributed by atoms with van der Waals surface area (Å²) in [6.07, 6.45) is 7.85. The average Bonchev–Trinajstić information content (AvgIpc) is 2.83. The molecule has 3 rings (SSSR count). The molecule has 0 atom stereocenters. The number of hydrogen-bond donors (Lipinski definition) is 1. The summed E-state index contributed by atoms with van der Waals surface area (Å²) in [4.78, 5) is 3.33. The highest BCUT2D eigenvalue weighted by molar-refractivity contribution is 7.71. The van der Waals surface area contributed by atoms with Crippen LogP contribution < -0.4 is 4.74 Å². The van der Waals surface area contributed by atoms with E-state index in [1.165, 1.54) is 44.0 Å². The molecule has 0 saturated heterocycles. The highest BCUT2D eigenvalue weighted by Crippen LogP contribution is 2.36. The van der Waals surface area contributed by atoms with Crippen LogP contribution >= 0.6 is 12.2 Å². The van der Waals surface area contributed by atoms with E-state index in [-0.39, 0.29) is 0 Å². The smallest absolute Gasteiger partial charge is 0.178 e. The van der Waals surface area contributed by atoms with Crippen LogP contribution in [0.3, 0.4) is 0 Å². The van der Waals surface area contributed by atoms with Gasteiger partial charge in [0.1, 0.15) is 5.75 Å². The van der Waals surface area contributed by atoms with Gasteiger partial charge in [0.05, 0.1) is 18.1 Å². The van der Waals surface area contributed by atoms with Gasteiger partial charge in [0.2, 0.25) is 0 Å². The molecule has 0 aliphatic heterocycles. The van der Waals surface area contributed by atoms with Crippen molar-refractivity contribution < 1.29 is 4.74 Å². The van der Waals surface area contributed by atoms with E-state index < -0.39 is 0 Å². The molecule has 1 aromatic carbocycles. The molecule has 2 aromatic rings. The topological polar surface area (TPSA) is 29.9 Å². The third-order valence-electron chi connectivity index (χ3n) is 4.80. The van der Waals surface area contributed by atoms with Crippen LogP contribution in [0.25, 0.3) is 11.0 Å². The summed E-state index contributed by atoms with van der Waals surface area (Å²) >= 11 is 5.56. The number of H-pyrrole nitrogens is 1. The van der Waals surface area contributed by atoms with E-state index in [1.54, 1.807) is 7.11 Å². The van der Waals surface area contributed by atoms with Crippen LogP contribution in [0.1, 0.15) is 51.5 Å². The Kier molecular flexibility index (Phi) is 4.34. The van der Waals surface area contributed by atoms with Gasteiger partial charge >= 0.3 is 0 Å². The van der Waals surface area contributed by atoms with Crippen LogP contribution in [-0.4, -0.2) is 16.7 Å². The van der Waals surface area contributed by atoms with Crippen molar-refractivity contribution in [1.82, 2.24) is 9.55 Å². The number of ether oxygens (including phenoxy) is 1. The summed E-state index contributed by atoms with van der Waals surface area (Å²) in [5, 5.41) is 0. The molecule has 0 unspecified atom stereocenters. The van der Waals surface area contributed by atoms with Gasteiger partial charge in [-0.2, -0.15) is 0 Å². The van der Waals surface area contributed by atoms with Crippen LogP contribution in [-0.2, 0) is 0 Å². The van der Waals surface area contributed by atoms with Gasteiger partial charge in [-0.05, 0) is 56.0 Å². The maximum atomic E-state index is 5.56. The van der Waals surface area contributed by atoms with Gasteiger partial charge in [-0.15, -0.1) is 0 Å². The van der Waals surface area contributed by atoms with Crippen molar-refractivity contribution >= 4 is 23.3 Å². The lowest BCUT2D eigenvalue weighted by Crippen LogP contribution is -2.18. The fourth-order valence-electron chi connectivity index (χ4n) is 3.70. The molecule has 0 spiro atoms. The molecule has 114 valence electrons. The predicted molar refractivity (Wildman–Crippen MR) is 89.6 cm³/mol. The van der Waals surface area contributed by atoms with Crippen molar-refractivity contribution in [3.63, 3.8) is 0 Å². The molecule has 0 bridgehead atoms. The fourth-order valence-corrected chi connectivity index (χ4v) is 4.06. The van der Waals surface area contributed by atoms with Crippen LogP contribution in [0.15, 0.2) is 18.2 Å². The van der Waals surface area contributed by atoms with Crippen LogP contribution in [0.5, 0.6) is 5.75 Å². The minimum absolute atomic E-state index is 0.549. The van der Waals surface area contributed by atoms with Crippen LogP contribution in [0.4, 0.5) is 0 Å². The number of rotatable bonds is 4. The van der Waals surface area contributed by atoms with Gasteiger partial charge < -0.3 is 14.3 Å². The van der Waals surface area contributed by atoms with Crippen LogP contribution in [0.2, 0.25) is 0 Å². The van der Waals surface area contributed by atoms with E-state index in [4.69, 9.17) is 17.0 Å². The highest BCUT2D eigenvalue weighted by Gasteiger charge is 2.23. The van der Waals surface area contributed by atoms with Gasteiger partial charge in [0, 0.05) is 12.1 Å². The summed E-state index contributed by atoms with van der Waals surface area (Å²) in [7, 11) is 1.70. The molecule has 1 aromatic heterocycles. The Morgan fingerprint density at radius 3 is 2.71 bits per heavy atom. The maximum absolute atomic E-state index is 5.56. The van der Waals surface area contributed by atoms with Crippen molar-refractivity contribution in [3.05, 3.63) is 23.0 Å². The first kappa shape index (κ1) is 14.6. The van der Waals surface area contributed by atoms with Gasteiger partial charge in [-0.25, -0.2) is 0 Å². The average molecular weight is 304 g/mol. The van der Waals surface area contributed by atoms with Crippen molar-refractivity contribution in [1.29, 1.82) is 0 Å². The second-order valence-corrected chi connectivity index (χ2v) is 6.53. The molecule has 0 amide bonds. The number of aromatic nitrogens is 2. The minimum atomic E-state index is 0.549. The lowest BCUT2D eigenvalue weighted by molar-refractivity contribution is 0.264. The molecule has 4 heteroatoms. The molecule has 21 heavy (non-hydrogen) atoms. The first-order valence-electron chi connectivity index (χ1n) is 8.01. The Hall–Kier alpha value is -1.29. The number of hydrogen-bond acceptors (Lipinski definition) is 2. The SMILES string of the molecule is CCCC1CCC(n2c(=S)[nH]c3cc(OC)ccc32)CC1. The maximum Gasteiger partial charge on any atom is 0.178 e. The summed E-state index contributed by atoms with van der Waals surface area (Å²) in [6.45, 7) is 2.29. The van der Waals surface area contributed by atoms with Gasteiger partial charge in [0.15, 0.2) is 4.77 Å². The second-order valence-electron chi connectivity index (χ2n) is 6.15. The molecule has 1 N–H and O–H groups in total. The molecule has 3 nitrogen and oxygen atoms in total. The van der Waals surface area contributed by atoms with E-state index in [1.807, 2.05) is 12.1 Å². The molecular weight excluding hydrogens is 280 g/mol. The van der Waals surface area contributed by atoms with Crippen molar-refractivity contribution in [2.24, 2.45) is 5.92 Å². The van der Waals surface area contributed by atoms with Crippen molar-refractivity contribution in [3.8, 4) is 5.75 Å². The third kappa shape index (κ3) is 2.86. The molecule has 1 aliphatic carbocycles. The number of imidazole rings is 1. The number of fused-ring (bicyclic) bond motifs is 1. The van der Waals surface area contributed by atoms with E-state index in [2.05, 4.69) is 22.5 Å². The van der Waals surface area contributed by atoms with Gasteiger partial charge in [-0.1, -0.05) is 19.8 Å².